The maximum Gasteiger partial charge on any atom is 0.0715 e. The van der Waals surface area contributed by atoms with Crippen molar-refractivity contribution in [2.45, 2.75) is 20.8 Å². The molecule has 0 unspecified atom stereocenters. The van der Waals surface area contributed by atoms with Gasteiger partial charge in [0.25, 0.3) is 0 Å². The van der Waals surface area contributed by atoms with Crippen molar-refractivity contribution in [3.8, 4) is 45.0 Å². The summed E-state index contributed by atoms with van der Waals surface area (Å²) in [5.74, 6) is 0. The molecule has 51 heavy (non-hydrogen) atoms. The van der Waals surface area contributed by atoms with Gasteiger partial charge in [-0.05, 0) is 86.5 Å². The second-order valence-corrected chi connectivity index (χ2v) is 12.8. The van der Waals surface area contributed by atoms with E-state index in [2.05, 4.69) is 200 Å². The molecule has 0 aliphatic heterocycles. The number of fused-ring (bicyclic) bond motifs is 2. The molecular formula is C48H39N3. The van der Waals surface area contributed by atoms with E-state index in [0.29, 0.717) is 0 Å². The highest BCUT2D eigenvalue weighted by Gasteiger charge is 2.21. The summed E-state index contributed by atoms with van der Waals surface area (Å²) >= 11 is 0. The van der Waals surface area contributed by atoms with Crippen LogP contribution in [0.25, 0.3) is 85.1 Å². The topological polar surface area (TPSA) is 22.8 Å². The van der Waals surface area contributed by atoms with E-state index in [1.807, 2.05) is 6.08 Å². The minimum atomic E-state index is 0.931. The van der Waals surface area contributed by atoms with Crippen LogP contribution in [0.4, 0.5) is 0 Å². The number of para-hydroxylation sites is 2. The summed E-state index contributed by atoms with van der Waals surface area (Å²) in [6.45, 7) is 10.6. The molecule has 3 heterocycles. The normalized spacial score (nSPS) is 11.7. The molecule has 8 rings (SSSR count). The van der Waals surface area contributed by atoms with Crippen LogP contribution in [0.5, 0.6) is 0 Å². The fourth-order valence-corrected chi connectivity index (χ4v) is 7.43. The first kappa shape index (κ1) is 31.8. The van der Waals surface area contributed by atoms with Gasteiger partial charge in [0.05, 0.1) is 33.8 Å². The van der Waals surface area contributed by atoms with Crippen LogP contribution in [-0.2, 0) is 0 Å². The number of nitrogens with zero attached hydrogens (tertiary/aromatic N) is 3. The Morgan fingerprint density at radius 2 is 1.10 bits per heavy atom. The van der Waals surface area contributed by atoms with Crippen LogP contribution >= 0.6 is 0 Å². The Balaban J connectivity index is 1.50. The van der Waals surface area contributed by atoms with Crippen molar-refractivity contribution in [1.82, 2.24) is 14.1 Å². The molecule has 0 radical (unpaired) electrons. The third kappa shape index (κ3) is 5.53. The van der Waals surface area contributed by atoms with Crippen molar-refractivity contribution in [2.24, 2.45) is 0 Å². The minimum absolute atomic E-state index is 0.931. The van der Waals surface area contributed by atoms with E-state index in [1.54, 1.807) is 0 Å². The average molecular weight is 658 g/mol. The maximum absolute atomic E-state index is 5.23. The van der Waals surface area contributed by atoms with E-state index < -0.39 is 0 Å². The fraction of sp³-hybridized carbons (Fsp3) is 0.0625. The Morgan fingerprint density at radius 1 is 0.549 bits per heavy atom. The molecule has 246 valence electrons. The molecule has 0 saturated carbocycles. The average Bonchev–Trinajstić information content (AvgIpc) is 3.65. The molecule has 0 bridgehead atoms. The second kappa shape index (κ2) is 13.5. The third-order valence-corrected chi connectivity index (χ3v) is 9.73. The molecule has 5 aromatic carbocycles. The number of hydrogen-bond donors (Lipinski definition) is 0. The standard InChI is InChI=1S/C48H39N3/c1-5-18-44-33(4)39-24-14-16-26-46(39)51(44)48-29-28-37(50-45(19-6-2)38(7-3)40-25-15-17-27-47(40)50)32-41(48)36-30-42(34-20-10-8-11-21-34)49-43(31-36)35-22-12-9-13-23-35/h5-32H,3H2,1-2,4H3/b18-5-,19-6-. The quantitative estimate of drug-likeness (QED) is 0.159. The lowest BCUT2D eigenvalue weighted by Gasteiger charge is -2.19. The monoisotopic (exact) mass is 657 g/mol. The van der Waals surface area contributed by atoms with Crippen LogP contribution in [0.15, 0.2) is 158 Å². The highest BCUT2D eigenvalue weighted by Crippen LogP contribution is 2.40. The van der Waals surface area contributed by atoms with E-state index >= 15 is 0 Å². The Hall–Kier alpha value is -6.45. The maximum atomic E-state index is 5.23. The summed E-state index contributed by atoms with van der Waals surface area (Å²) in [6.07, 6.45) is 10.6. The van der Waals surface area contributed by atoms with Crippen LogP contribution in [0.1, 0.15) is 36.4 Å². The SMILES string of the molecule is C=Cc1c(/C=C\C)n(-c2ccc(-n3c(/C=C\C)c(C)c4ccccc43)c(-c3cc(-c4ccccc4)nc(-c4ccccc4)c3)c2)c2ccccc12. The summed E-state index contributed by atoms with van der Waals surface area (Å²) < 4.78 is 4.79. The van der Waals surface area contributed by atoms with E-state index in [9.17, 15) is 0 Å². The zero-order valence-electron chi connectivity index (χ0n) is 29.2. The molecule has 0 fully saturated rings. The van der Waals surface area contributed by atoms with Gasteiger partial charge in [-0.1, -0.05) is 122 Å². The summed E-state index contributed by atoms with van der Waals surface area (Å²) in [6, 6.07) is 49.6. The molecule has 8 aromatic rings. The molecule has 0 aliphatic carbocycles. The summed E-state index contributed by atoms with van der Waals surface area (Å²) in [4.78, 5) is 5.23. The summed E-state index contributed by atoms with van der Waals surface area (Å²) in [7, 11) is 0. The highest BCUT2D eigenvalue weighted by atomic mass is 15.0. The van der Waals surface area contributed by atoms with Crippen molar-refractivity contribution in [1.29, 1.82) is 0 Å². The Kier molecular flexibility index (Phi) is 8.39. The van der Waals surface area contributed by atoms with Gasteiger partial charge in [-0.25, -0.2) is 4.98 Å². The van der Waals surface area contributed by atoms with Gasteiger partial charge in [0.2, 0.25) is 0 Å². The van der Waals surface area contributed by atoms with Crippen LogP contribution in [-0.4, -0.2) is 14.1 Å². The molecule has 0 atom stereocenters. The number of hydrogen-bond acceptors (Lipinski definition) is 1. The minimum Gasteiger partial charge on any atom is -0.309 e. The van der Waals surface area contributed by atoms with Crippen molar-refractivity contribution >= 4 is 40.0 Å². The van der Waals surface area contributed by atoms with Gasteiger partial charge in [-0.15, -0.1) is 0 Å². The highest BCUT2D eigenvalue weighted by molar-refractivity contribution is 5.96. The lowest BCUT2D eigenvalue weighted by Crippen LogP contribution is -2.04. The smallest absolute Gasteiger partial charge is 0.0715 e. The van der Waals surface area contributed by atoms with E-state index in [1.165, 1.54) is 27.5 Å². The van der Waals surface area contributed by atoms with Gasteiger partial charge in [-0.2, -0.15) is 0 Å². The zero-order chi connectivity index (χ0) is 34.9. The molecule has 0 saturated heterocycles. The Morgan fingerprint density at radius 3 is 1.71 bits per heavy atom. The first-order chi connectivity index (χ1) is 25.1. The van der Waals surface area contributed by atoms with Crippen molar-refractivity contribution in [2.75, 3.05) is 0 Å². The number of rotatable bonds is 8. The predicted molar refractivity (Wildman–Crippen MR) is 218 cm³/mol. The molecule has 3 nitrogen and oxygen atoms in total. The van der Waals surface area contributed by atoms with Crippen LogP contribution < -0.4 is 0 Å². The van der Waals surface area contributed by atoms with Gasteiger partial charge >= 0.3 is 0 Å². The third-order valence-electron chi connectivity index (χ3n) is 9.73. The number of pyridine rings is 1. The number of benzene rings is 5. The lowest BCUT2D eigenvalue weighted by molar-refractivity contribution is 1.07. The van der Waals surface area contributed by atoms with Crippen LogP contribution in [0.2, 0.25) is 0 Å². The molecule has 0 aliphatic rings. The van der Waals surface area contributed by atoms with E-state index in [-0.39, 0.29) is 0 Å². The van der Waals surface area contributed by atoms with Crippen molar-refractivity contribution < 1.29 is 0 Å². The van der Waals surface area contributed by atoms with Crippen LogP contribution in [0.3, 0.4) is 0 Å². The van der Waals surface area contributed by atoms with Gasteiger partial charge in [-0.3, -0.25) is 0 Å². The number of allylic oxidation sites excluding steroid dienone is 2. The van der Waals surface area contributed by atoms with Crippen LogP contribution in [0, 0.1) is 6.92 Å². The summed E-state index contributed by atoms with van der Waals surface area (Å²) in [5, 5.41) is 2.42. The largest absolute Gasteiger partial charge is 0.309 e. The van der Waals surface area contributed by atoms with Crippen molar-refractivity contribution in [3.63, 3.8) is 0 Å². The molecule has 0 amide bonds. The van der Waals surface area contributed by atoms with Gasteiger partial charge < -0.3 is 9.13 Å². The molecule has 3 aromatic heterocycles. The second-order valence-electron chi connectivity index (χ2n) is 12.8. The zero-order valence-corrected chi connectivity index (χ0v) is 29.2. The fourth-order valence-electron chi connectivity index (χ4n) is 7.43. The van der Waals surface area contributed by atoms with Crippen molar-refractivity contribution in [3.05, 3.63) is 181 Å². The van der Waals surface area contributed by atoms with E-state index in [4.69, 9.17) is 4.98 Å². The van der Waals surface area contributed by atoms with E-state index in [0.717, 1.165) is 61.8 Å². The predicted octanol–water partition coefficient (Wildman–Crippen LogP) is 13.0. The molecule has 3 heteroatoms. The molecular weight excluding hydrogens is 619 g/mol. The first-order valence-corrected chi connectivity index (χ1v) is 17.5. The Labute approximate surface area is 299 Å². The molecule has 0 N–H and O–H groups in total. The first-order valence-electron chi connectivity index (χ1n) is 17.5. The Bertz CT molecular complexity index is 2560. The number of aromatic nitrogens is 3. The summed E-state index contributed by atoms with van der Waals surface area (Å²) in [5.41, 5.74) is 15.4. The molecule has 0 spiro atoms. The number of aryl methyl sites for hydroxylation is 1. The lowest BCUT2D eigenvalue weighted by atomic mass is 9.97. The van der Waals surface area contributed by atoms with Gasteiger partial charge in [0, 0.05) is 44.4 Å². The van der Waals surface area contributed by atoms with Gasteiger partial charge in [0.1, 0.15) is 0 Å². The van der Waals surface area contributed by atoms with Gasteiger partial charge in [0.15, 0.2) is 0 Å².